The maximum Gasteiger partial charge on any atom is 0.239 e. The largest absolute Gasteiger partial charge is 0.355 e. The average Bonchev–Trinajstić information content (AvgIpc) is 2.93. The van der Waals surface area contributed by atoms with Gasteiger partial charge in [0.05, 0.1) is 5.75 Å². The Bertz CT molecular complexity index is 510. The third-order valence-corrected chi connectivity index (χ3v) is 4.54. The van der Waals surface area contributed by atoms with Crippen molar-refractivity contribution >= 4 is 40.0 Å². The van der Waals surface area contributed by atoms with Gasteiger partial charge in [0.1, 0.15) is 0 Å². The predicted octanol–water partition coefficient (Wildman–Crippen LogP) is 1.99. The summed E-state index contributed by atoms with van der Waals surface area (Å²) >= 11 is 2.74. The van der Waals surface area contributed by atoms with Gasteiger partial charge in [-0.3, -0.25) is 14.5 Å². The molecule has 0 bridgehead atoms. The molecule has 0 aliphatic carbocycles. The van der Waals surface area contributed by atoms with Gasteiger partial charge in [0, 0.05) is 18.5 Å². The van der Waals surface area contributed by atoms with Crippen molar-refractivity contribution in [3.05, 3.63) is 0 Å². The molecule has 1 saturated heterocycles. The molecule has 0 radical (unpaired) electrons. The Morgan fingerprint density at radius 1 is 1.45 bits per heavy atom. The molecular weight excluding hydrogens is 296 g/mol. The molecule has 20 heavy (non-hydrogen) atoms. The van der Waals surface area contributed by atoms with Crippen molar-refractivity contribution in [2.24, 2.45) is 0 Å². The molecule has 0 unspecified atom stereocenters. The molecule has 0 saturated carbocycles. The third kappa shape index (κ3) is 4.17. The van der Waals surface area contributed by atoms with Crippen LogP contribution in [0.4, 0.5) is 5.13 Å². The second-order valence-electron chi connectivity index (χ2n) is 5.58. The lowest BCUT2D eigenvalue weighted by atomic mass is 10.1. The zero-order valence-electron chi connectivity index (χ0n) is 11.8. The van der Waals surface area contributed by atoms with Crippen LogP contribution in [-0.4, -0.2) is 44.7 Å². The van der Waals surface area contributed by atoms with E-state index in [9.17, 15) is 9.59 Å². The maximum atomic E-state index is 11.9. The lowest BCUT2D eigenvalue weighted by molar-refractivity contribution is -0.140. The number of anilines is 1. The minimum Gasteiger partial charge on any atom is -0.355 e. The summed E-state index contributed by atoms with van der Waals surface area (Å²) < 4.78 is 0.733. The highest BCUT2D eigenvalue weighted by Crippen LogP contribution is 2.27. The van der Waals surface area contributed by atoms with Crippen LogP contribution < -0.4 is 5.32 Å². The number of carbonyl (C=O) groups excluding carboxylic acids is 2. The Hall–Kier alpha value is -1.15. The summed E-state index contributed by atoms with van der Waals surface area (Å²) in [6.07, 6.45) is 1.25. The standard InChI is InChI=1S/C12H18N4O2S2/c1-12(2,3)13-10-14-15-11(20-10)19-7-9(18)16-6-4-5-8(16)17/h4-7H2,1-3H3,(H,13,14). The van der Waals surface area contributed by atoms with Gasteiger partial charge < -0.3 is 5.32 Å². The molecule has 110 valence electrons. The summed E-state index contributed by atoms with van der Waals surface area (Å²) in [4.78, 5) is 24.7. The van der Waals surface area contributed by atoms with Gasteiger partial charge in [-0.2, -0.15) is 0 Å². The molecule has 0 aromatic carbocycles. The number of rotatable bonds is 4. The number of nitrogens with zero attached hydrogens (tertiary/aromatic N) is 3. The van der Waals surface area contributed by atoms with Crippen molar-refractivity contribution in [1.29, 1.82) is 0 Å². The van der Waals surface area contributed by atoms with Crippen LogP contribution in [0, 0.1) is 0 Å². The highest BCUT2D eigenvalue weighted by molar-refractivity contribution is 8.01. The molecule has 8 heteroatoms. The van der Waals surface area contributed by atoms with Crippen molar-refractivity contribution in [2.75, 3.05) is 17.6 Å². The second kappa shape index (κ2) is 6.09. The van der Waals surface area contributed by atoms with E-state index >= 15 is 0 Å². The fourth-order valence-electron chi connectivity index (χ4n) is 1.75. The van der Waals surface area contributed by atoms with Crippen molar-refractivity contribution < 1.29 is 9.59 Å². The Labute approximate surface area is 126 Å². The van der Waals surface area contributed by atoms with Crippen molar-refractivity contribution in [3.8, 4) is 0 Å². The first-order chi connectivity index (χ1) is 9.35. The number of imide groups is 1. The molecule has 1 aliphatic heterocycles. The lowest BCUT2D eigenvalue weighted by Crippen LogP contribution is -2.33. The quantitative estimate of drug-likeness (QED) is 0.857. The number of amides is 2. The fraction of sp³-hybridized carbons (Fsp3) is 0.667. The van der Waals surface area contributed by atoms with Crippen LogP contribution in [0.3, 0.4) is 0 Å². The molecule has 6 nitrogen and oxygen atoms in total. The van der Waals surface area contributed by atoms with E-state index in [4.69, 9.17) is 0 Å². The minimum absolute atomic E-state index is 0.0667. The zero-order valence-corrected chi connectivity index (χ0v) is 13.4. The van der Waals surface area contributed by atoms with E-state index in [-0.39, 0.29) is 23.1 Å². The first-order valence-corrected chi connectivity index (χ1v) is 8.23. The van der Waals surface area contributed by atoms with Gasteiger partial charge in [0.15, 0.2) is 4.34 Å². The van der Waals surface area contributed by atoms with Gasteiger partial charge in [-0.25, -0.2) is 0 Å². The van der Waals surface area contributed by atoms with Gasteiger partial charge in [-0.1, -0.05) is 23.1 Å². The van der Waals surface area contributed by atoms with Crippen LogP contribution in [0.15, 0.2) is 4.34 Å². The molecule has 2 heterocycles. The molecule has 0 atom stereocenters. The smallest absolute Gasteiger partial charge is 0.239 e. The summed E-state index contributed by atoms with van der Waals surface area (Å²) in [6.45, 7) is 6.68. The summed E-state index contributed by atoms with van der Waals surface area (Å²) in [6, 6.07) is 0. The van der Waals surface area contributed by atoms with E-state index < -0.39 is 0 Å². The molecule has 2 rings (SSSR count). The van der Waals surface area contributed by atoms with Crippen molar-refractivity contribution in [3.63, 3.8) is 0 Å². The Morgan fingerprint density at radius 3 is 2.80 bits per heavy atom. The Kier molecular flexibility index (Phi) is 4.64. The van der Waals surface area contributed by atoms with Crippen LogP contribution in [-0.2, 0) is 9.59 Å². The van der Waals surface area contributed by atoms with Gasteiger partial charge in [-0.15, -0.1) is 10.2 Å². The number of aromatic nitrogens is 2. The van der Waals surface area contributed by atoms with Crippen LogP contribution in [0.1, 0.15) is 33.6 Å². The van der Waals surface area contributed by atoms with E-state index in [1.54, 1.807) is 0 Å². The van der Waals surface area contributed by atoms with E-state index in [1.807, 2.05) is 20.8 Å². The SMILES string of the molecule is CC(C)(C)Nc1nnc(SCC(=O)N2CCCC2=O)s1. The van der Waals surface area contributed by atoms with Gasteiger partial charge in [-0.05, 0) is 27.2 Å². The minimum atomic E-state index is -0.141. The molecule has 1 aromatic heterocycles. The first kappa shape index (κ1) is 15.2. The van der Waals surface area contributed by atoms with E-state index in [0.29, 0.717) is 13.0 Å². The normalized spacial score (nSPS) is 15.8. The molecule has 1 aromatic rings. The molecular formula is C12H18N4O2S2. The van der Waals surface area contributed by atoms with E-state index in [2.05, 4.69) is 15.5 Å². The van der Waals surface area contributed by atoms with E-state index in [1.165, 1.54) is 28.0 Å². The highest BCUT2D eigenvalue weighted by atomic mass is 32.2. The number of hydrogen-bond acceptors (Lipinski definition) is 7. The molecule has 1 fully saturated rings. The monoisotopic (exact) mass is 314 g/mol. The summed E-state index contributed by atoms with van der Waals surface area (Å²) in [5.41, 5.74) is -0.0702. The Morgan fingerprint density at radius 2 is 2.20 bits per heavy atom. The molecule has 1 aliphatic rings. The van der Waals surface area contributed by atoms with Crippen LogP contribution >= 0.6 is 23.1 Å². The number of likely N-dealkylation sites (tertiary alicyclic amines) is 1. The summed E-state index contributed by atoms with van der Waals surface area (Å²) in [5.74, 6) is 0.0246. The van der Waals surface area contributed by atoms with Crippen LogP contribution in [0.2, 0.25) is 0 Å². The van der Waals surface area contributed by atoms with Crippen molar-refractivity contribution in [1.82, 2.24) is 15.1 Å². The Balaban J connectivity index is 1.85. The summed E-state index contributed by atoms with van der Waals surface area (Å²) in [5, 5.41) is 12.0. The van der Waals surface area contributed by atoms with Gasteiger partial charge >= 0.3 is 0 Å². The highest BCUT2D eigenvalue weighted by Gasteiger charge is 2.26. The van der Waals surface area contributed by atoms with Gasteiger partial charge in [0.2, 0.25) is 16.9 Å². The number of thioether (sulfide) groups is 1. The zero-order chi connectivity index (χ0) is 14.8. The fourth-order valence-corrected chi connectivity index (χ4v) is 3.59. The third-order valence-electron chi connectivity index (χ3n) is 2.58. The molecule has 1 N–H and O–H groups in total. The first-order valence-electron chi connectivity index (χ1n) is 6.43. The van der Waals surface area contributed by atoms with Crippen LogP contribution in [0.5, 0.6) is 0 Å². The van der Waals surface area contributed by atoms with E-state index in [0.717, 1.165) is 15.9 Å². The number of nitrogens with one attached hydrogen (secondary N) is 1. The average molecular weight is 314 g/mol. The number of hydrogen-bond donors (Lipinski definition) is 1. The second-order valence-corrected chi connectivity index (χ2v) is 7.78. The van der Waals surface area contributed by atoms with Crippen LogP contribution in [0.25, 0.3) is 0 Å². The molecule has 0 spiro atoms. The van der Waals surface area contributed by atoms with Crippen molar-refractivity contribution in [2.45, 2.75) is 43.5 Å². The lowest BCUT2D eigenvalue weighted by Gasteiger charge is -2.18. The molecule has 2 amide bonds. The predicted molar refractivity (Wildman–Crippen MR) is 80.0 cm³/mol. The maximum absolute atomic E-state index is 11.9. The number of carbonyl (C=O) groups is 2. The van der Waals surface area contributed by atoms with Gasteiger partial charge in [0.25, 0.3) is 0 Å². The summed E-state index contributed by atoms with van der Waals surface area (Å²) in [7, 11) is 0. The topological polar surface area (TPSA) is 75.2 Å².